The van der Waals surface area contributed by atoms with Gasteiger partial charge in [0.1, 0.15) is 11.0 Å². The van der Waals surface area contributed by atoms with Crippen molar-refractivity contribution in [3.05, 3.63) is 51.8 Å². The van der Waals surface area contributed by atoms with Crippen LogP contribution in [0.3, 0.4) is 0 Å². The van der Waals surface area contributed by atoms with Gasteiger partial charge in [0.2, 0.25) is 0 Å². The molecule has 3 rings (SSSR count). The van der Waals surface area contributed by atoms with Gasteiger partial charge in [-0.1, -0.05) is 24.6 Å². The first kappa shape index (κ1) is 12.5. The number of pyridine rings is 1. The normalized spacial score (nSPS) is 17.5. The Morgan fingerprint density at radius 2 is 2.16 bits per heavy atom. The summed E-state index contributed by atoms with van der Waals surface area (Å²) in [5, 5.41) is 0.575. The van der Waals surface area contributed by atoms with E-state index in [1.54, 1.807) is 0 Å². The number of nitrogens with zero attached hydrogens (tertiary/aromatic N) is 3. The Bertz CT molecular complexity index is 625. The summed E-state index contributed by atoms with van der Waals surface area (Å²) >= 11 is 6.23. The Kier molecular flexibility index (Phi) is 3.23. The zero-order chi connectivity index (χ0) is 13.4. The predicted octanol–water partition coefficient (Wildman–Crippen LogP) is 3.47. The van der Waals surface area contributed by atoms with E-state index < -0.39 is 0 Å². The number of fused-ring (bicyclic) bond motifs is 1. The van der Waals surface area contributed by atoms with Crippen molar-refractivity contribution in [1.82, 2.24) is 15.0 Å². The Morgan fingerprint density at radius 1 is 1.32 bits per heavy atom. The fourth-order valence-corrected chi connectivity index (χ4v) is 2.92. The lowest BCUT2D eigenvalue weighted by atomic mass is 9.99. The van der Waals surface area contributed by atoms with Crippen LogP contribution < -0.4 is 0 Å². The van der Waals surface area contributed by atoms with E-state index in [1.165, 1.54) is 5.56 Å². The van der Waals surface area contributed by atoms with Gasteiger partial charge in [-0.2, -0.15) is 0 Å². The lowest BCUT2D eigenvalue weighted by Crippen LogP contribution is -2.08. The molecule has 4 heteroatoms. The summed E-state index contributed by atoms with van der Waals surface area (Å²) < 4.78 is 0. The zero-order valence-electron chi connectivity index (χ0n) is 11.2. The molecular weight excluding hydrogens is 258 g/mol. The number of halogens is 1. The molecule has 2 aromatic heterocycles. The Hall–Kier alpha value is -1.48. The highest BCUT2D eigenvalue weighted by atomic mass is 35.5. The lowest BCUT2D eigenvalue weighted by molar-refractivity contribution is 0.721. The molecule has 1 aliphatic carbocycles. The Morgan fingerprint density at radius 3 is 2.95 bits per heavy atom. The molecule has 2 heterocycles. The summed E-state index contributed by atoms with van der Waals surface area (Å²) in [7, 11) is 0. The Labute approximate surface area is 118 Å². The van der Waals surface area contributed by atoms with Crippen molar-refractivity contribution >= 4 is 11.6 Å². The quantitative estimate of drug-likeness (QED) is 0.787. The van der Waals surface area contributed by atoms with Crippen LogP contribution in [-0.2, 0) is 12.8 Å². The Balaban J connectivity index is 2.11. The minimum atomic E-state index is 0.266. The highest BCUT2D eigenvalue weighted by Gasteiger charge is 2.28. The van der Waals surface area contributed by atoms with Crippen molar-refractivity contribution in [2.24, 2.45) is 0 Å². The third kappa shape index (κ3) is 2.12. The van der Waals surface area contributed by atoms with Gasteiger partial charge < -0.3 is 0 Å². The van der Waals surface area contributed by atoms with Gasteiger partial charge in [-0.25, -0.2) is 9.97 Å². The standard InChI is InChI=1S/C15H16ClN3/c1-3-12-18-13(9(2)15(16)19-12)11-7-6-10-5-4-8-17-14(10)11/h4-5,8,11H,3,6-7H2,1-2H3. The van der Waals surface area contributed by atoms with E-state index in [0.717, 1.165) is 42.0 Å². The first-order valence-corrected chi connectivity index (χ1v) is 7.05. The van der Waals surface area contributed by atoms with Crippen LogP contribution in [0.4, 0.5) is 0 Å². The molecule has 0 saturated heterocycles. The maximum absolute atomic E-state index is 6.23. The number of hydrogen-bond acceptors (Lipinski definition) is 3. The smallest absolute Gasteiger partial charge is 0.135 e. The maximum Gasteiger partial charge on any atom is 0.135 e. The van der Waals surface area contributed by atoms with Gasteiger partial charge in [-0.15, -0.1) is 0 Å². The topological polar surface area (TPSA) is 38.7 Å². The SMILES string of the molecule is CCc1nc(Cl)c(C)c(C2CCc3cccnc32)n1. The first-order valence-electron chi connectivity index (χ1n) is 6.67. The van der Waals surface area contributed by atoms with Gasteiger partial charge in [-0.3, -0.25) is 4.98 Å². The molecule has 0 aliphatic heterocycles. The van der Waals surface area contributed by atoms with E-state index >= 15 is 0 Å². The van der Waals surface area contributed by atoms with Crippen LogP contribution in [-0.4, -0.2) is 15.0 Å². The van der Waals surface area contributed by atoms with E-state index in [4.69, 9.17) is 16.6 Å². The molecule has 0 spiro atoms. The summed E-state index contributed by atoms with van der Waals surface area (Å²) in [6, 6.07) is 4.15. The molecule has 1 aliphatic rings. The van der Waals surface area contributed by atoms with Crippen LogP contribution in [0.15, 0.2) is 18.3 Å². The third-order valence-corrected chi connectivity index (χ3v) is 4.14. The van der Waals surface area contributed by atoms with Crippen molar-refractivity contribution in [3.8, 4) is 0 Å². The van der Waals surface area contributed by atoms with Gasteiger partial charge >= 0.3 is 0 Å². The van der Waals surface area contributed by atoms with Crippen molar-refractivity contribution < 1.29 is 0 Å². The summed E-state index contributed by atoms with van der Waals surface area (Å²) in [4.78, 5) is 13.5. The van der Waals surface area contributed by atoms with Crippen LogP contribution >= 0.6 is 11.6 Å². The summed E-state index contributed by atoms with van der Waals surface area (Å²) in [5.41, 5.74) is 4.53. The van der Waals surface area contributed by atoms with Gasteiger partial charge in [0.25, 0.3) is 0 Å². The van der Waals surface area contributed by atoms with E-state index in [1.807, 2.05) is 26.1 Å². The largest absolute Gasteiger partial charge is 0.260 e. The molecule has 1 atom stereocenters. The van der Waals surface area contributed by atoms with Crippen molar-refractivity contribution in [2.75, 3.05) is 0 Å². The second kappa shape index (κ2) is 4.89. The molecule has 19 heavy (non-hydrogen) atoms. The van der Waals surface area contributed by atoms with Crippen LogP contribution in [0.2, 0.25) is 5.15 Å². The van der Waals surface area contributed by atoms with E-state index in [0.29, 0.717) is 5.15 Å². The van der Waals surface area contributed by atoms with Crippen molar-refractivity contribution in [3.63, 3.8) is 0 Å². The van der Waals surface area contributed by atoms with Crippen molar-refractivity contribution in [1.29, 1.82) is 0 Å². The lowest BCUT2D eigenvalue weighted by Gasteiger charge is -2.14. The molecule has 0 aromatic carbocycles. The van der Waals surface area contributed by atoms with Crippen molar-refractivity contribution in [2.45, 2.75) is 39.0 Å². The number of aromatic nitrogens is 3. The fourth-order valence-electron chi connectivity index (χ4n) is 2.73. The molecular formula is C15H16ClN3. The summed E-state index contributed by atoms with van der Waals surface area (Å²) in [6.07, 6.45) is 4.78. The first-order chi connectivity index (χ1) is 9.20. The molecule has 0 radical (unpaired) electrons. The molecule has 0 bridgehead atoms. The second-order valence-corrected chi connectivity index (χ2v) is 5.29. The molecule has 1 unspecified atom stereocenters. The number of hydrogen-bond donors (Lipinski definition) is 0. The third-order valence-electron chi connectivity index (χ3n) is 3.78. The predicted molar refractivity (Wildman–Crippen MR) is 75.6 cm³/mol. The molecule has 98 valence electrons. The highest BCUT2D eigenvalue weighted by molar-refractivity contribution is 6.30. The molecule has 0 fully saturated rings. The molecule has 0 saturated carbocycles. The minimum absolute atomic E-state index is 0.266. The minimum Gasteiger partial charge on any atom is -0.260 e. The van der Waals surface area contributed by atoms with Crippen LogP contribution in [0.1, 0.15) is 47.6 Å². The van der Waals surface area contributed by atoms with Crippen LogP contribution in [0.25, 0.3) is 0 Å². The van der Waals surface area contributed by atoms with Gasteiger partial charge in [0, 0.05) is 24.1 Å². The summed E-state index contributed by atoms with van der Waals surface area (Å²) in [6.45, 7) is 4.05. The number of rotatable bonds is 2. The molecule has 0 amide bonds. The summed E-state index contributed by atoms with van der Waals surface area (Å²) in [5.74, 6) is 1.08. The van der Waals surface area contributed by atoms with E-state index in [-0.39, 0.29) is 5.92 Å². The second-order valence-electron chi connectivity index (χ2n) is 4.93. The highest BCUT2D eigenvalue weighted by Crippen LogP contribution is 2.37. The maximum atomic E-state index is 6.23. The van der Waals surface area contributed by atoms with E-state index in [2.05, 4.69) is 16.0 Å². The van der Waals surface area contributed by atoms with Crippen LogP contribution in [0, 0.1) is 6.92 Å². The van der Waals surface area contributed by atoms with Crippen LogP contribution in [0.5, 0.6) is 0 Å². The van der Waals surface area contributed by atoms with Gasteiger partial charge in [-0.05, 0) is 31.4 Å². The van der Waals surface area contributed by atoms with Gasteiger partial charge in [0.05, 0.1) is 11.4 Å². The average molecular weight is 274 g/mol. The zero-order valence-corrected chi connectivity index (χ0v) is 11.9. The molecule has 2 aromatic rings. The fraction of sp³-hybridized carbons (Fsp3) is 0.400. The van der Waals surface area contributed by atoms with E-state index in [9.17, 15) is 0 Å². The number of aryl methyl sites for hydroxylation is 2. The monoisotopic (exact) mass is 273 g/mol. The van der Waals surface area contributed by atoms with Gasteiger partial charge in [0.15, 0.2) is 0 Å². The average Bonchev–Trinajstić information content (AvgIpc) is 2.85. The molecule has 3 nitrogen and oxygen atoms in total. The molecule has 0 N–H and O–H groups in total.